The van der Waals surface area contributed by atoms with Crippen molar-refractivity contribution in [1.29, 1.82) is 0 Å². The monoisotopic (exact) mass is 390 g/mol. The summed E-state index contributed by atoms with van der Waals surface area (Å²) >= 11 is 0. The van der Waals surface area contributed by atoms with Gasteiger partial charge in [0.05, 0.1) is 25.1 Å². The number of carbonyl (C=O) groups excluding carboxylic acids is 1. The van der Waals surface area contributed by atoms with Crippen molar-refractivity contribution in [2.75, 3.05) is 19.5 Å². The predicted molar refractivity (Wildman–Crippen MR) is 113 cm³/mol. The second-order valence-corrected chi connectivity index (χ2v) is 6.68. The lowest BCUT2D eigenvalue weighted by atomic mass is 10.1. The van der Waals surface area contributed by atoms with Crippen molar-refractivity contribution in [3.63, 3.8) is 0 Å². The average molecular weight is 390 g/mol. The molecule has 148 valence electrons. The fourth-order valence-corrected chi connectivity index (χ4v) is 3.28. The van der Waals surface area contributed by atoms with Crippen LogP contribution in [0.2, 0.25) is 0 Å². The molecule has 0 aliphatic heterocycles. The van der Waals surface area contributed by atoms with E-state index in [2.05, 4.69) is 17.3 Å². The predicted octanol–water partition coefficient (Wildman–Crippen LogP) is 4.26. The number of methoxy groups -OCH3 is 2. The maximum absolute atomic E-state index is 12.9. The highest BCUT2D eigenvalue weighted by atomic mass is 16.5. The normalized spacial score (nSPS) is 11.0. The van der Waals surface area contributed by atoms with E-state index in [4.69, 9.17) is 14.5 Å². The standard InChI is InChI=1S/C22H22N4O3/c1-4-9-26-21-18(12-14-7-5-6-8-19(14)23-21)20(25-26)24-22(27)15-10-16(28-2)13-17(11-15)29-3/h5-8,10-13H,4,9H2,1-3H3,(H,24,25,27). The van der Waals surface area contributed by atoms with Gasteiger partial charge in [0, 0.05) is 23.6 Å². The molecule has 0 spiro atoms. The second kappa shape index (κ2) is 7.79. The van der Waals surface area contributed by atoms with Gasteiger partial charge >= 0.3 is 0 Å². The maximum atomic E-state index is 12.9. The van der Waals surface area contributed by atoms with Crippen LogP contribution >= 0.6 is 0 Å². The Labute approximate surface area is 168 Å². The van der Waals surface area contributed by atoms with Crippen LogP contribution in [0.25, 0.3) is 21.9 Å². The number of hydrogen-bond acceptors (Lipinski definition) is 5. The van der Waals surface area contributed by atoms with Crippen LogP contribution in [0.4, 0.5) is 5.82 Å². The molecule has 0 saturated heterocycles. The number of para-hydroxylation sites is 1. The molecule has 0 aliphatic carbocycles. The van der Waals surface area contributed by atoms with Crippen molar-refractivity contribution in [2.45, 2.75) is 19.9 Å². The second-order valence-electron chi connectivity index (χ2n) is 6.68. The highest BCUT2D eigenvalue weighted by Crippen LogP contribution is 2.28. The van der Waals surface area contributed by atoms with Gasteiger partial charge in [-0.1, -0.05) is 25.1 Å². The van der Waals surface area contributed by atoms with Gasteiger partial charge in [0.15, 0.2) is 11.5 Å². The van der Waals surface area contributed by atoms with Crippen molar-refractivity contribution in [2.24, 2.45) is 0 Å². The van der Waals surface area contributed by atoms with E-state index in [1.807, 2.05) is 35.0 Å². The van der Waals surface area contributed by atoms with E-state index in [0.29, 0.717) is 29.4 Å². The van der Waals surface area contributed by atoms with E-state index >= 15 is 0 Å². The number of ether oxygens (including phenoxy) is 2. The molecule has 1 N–H and O–H groups in total. The van der Waals surface area contributed by atoms with Crippen LogP contribution < -0.4 is 14.8 Å². The first-order valence-electron chi connectivity index (χ1n) is 9.43. The molecule has 2 aromatic heterocycles. The Morgan fingerprint density at radius 2 is 1.79 bits per heavy atom. The summed E-state index contributed by atoms with van der Waals surface area (Å²) < 4.78 is 12.4. The number of benzene rings is 2. The first-order chi connectivity index (χ1) is 14.1. The molecule has 4 rings (SSSR count). The molecule has 4 aromatic rings. The van der Waals surface area contributed by atoms with Crippen LogP contribution in [0, 0.1) is 0 Å². The lowest BCUT2D eigenvalue weighted by molar-refractivity contribution is 0.102. The zero-order valence-corrected chi connectivity index (χ0v) is 16.6. The summed E-state index contributed by atoms with van der Waals surface area (Å²) in [5, 5.41) is 9.34. The first kappa shape index (κ1) is 18.7. The van der Waals surface area contributed by atoms with E-state index in [1.165, 1.54) is 0 Å². The molecule has 29 heavy (non-hydrogen) atoms. The van der Waals surface area contributed by atoms with Crippen LogP contribution in [-0.2, 0) is 6.54 Å². The van der Waals surface area contributed by atoms with Crippen molar-refractivity contribution in [3.05, 3.63) is 54.1 Å². The zero-order chi connectivity index (χ0) is 20.4. The summed E-state index contributed by atoms with van der Waals surface area (Å²) in [6.45, 7) is 2.79. The highest BCUT2D eigenvalue weighted by molar-refractivity contribution is 6.09. The number of fused-ring (bicyclic) bond motifs is 2. The molecule has 2 aromatic carbocycles. The van der Waals surface area contributed by atoms with Gasteiger partial charge in [-0.25, -0.2) is 9.67 Å². The largest absolute Gasteiger partial charge is 0.497 e. The number of hydrogen-bond donors (Lipinski definition) is 1. The van der Waals surface area contributed by atoms with Gasteiger partial charge in [-0.3, -0.25) is 4.79 Å². The van der Waals surface area contributed by atoms with Crippen molar-refractivity contribution >= 4 is 33.7 Å². The lowest BCUT2D eigenvalue weighted by Crippen LogP contribution is -2.13. The number of amides is 1. The van der Waals surface area contributed by atoms with Gasteiger partial charge in [0.25, 0.3) is 5.91 Å². The average Bonchev–Trinajstić information content (AvgIpc) is 3.08. The number of pyridine rings is 1. The van der Waals surface area contributed by atoms with E-state index < -0.39 is 0 Å². The topological polar surface area (TPSA) is 78.3 Å². The molecular formula is C22H22N4O3. The molecule has 7 nitrogen and oxygen atoms in total. The fraction of sp³-hybridized carbons (Fsp3) is 0.227. The number of rotatable bonds is 6. The van der Waals surface area contributed by atoms with Crippen LogP contribution in [0.5, 0.6) is 11.5 Å². The molecule has 0 saturated carbocycles. The molecule has 2 heterocycles. The Balaban J connectivity index is 1.77. The molecular weight excluding hydrogens is 368 g/mol. The number of aryl methyl sites for hydroxylation is 1. The molecule has 1 amide bonds. The van der Waals surface area contributed by atoms with E-state index in [-0.39, 0.29) is 5.91 Å². The summed E-state index contributed by atoms with van der Waals surface area (Å²) in [5.41, 5.74) is 2.07. The van der Waals surface area contributed by atoms with Crippen molar-refractivity contribution in [1.82, 2.24) is 14.8 Å². The summed E-state index contributed by atoms with van der Waals surface area (Å²) in [6.07, 6.45) is 0.908. The Morgan fingerprint density at radius 3 is 2.48 bits per heavy atom. The van der Waals surface area contributed by atoms with E-state index in [0.717, 1.165) is 28.4 Å². The van der Waals surface area contributed by atoms with Gasteiger partial charge in [-0.15, -0.1) is 0 Å². The quantitative estimate of drug-likeness (QED) is 0.532. The first-order valence-corrected chi connectivity index (χ1v) is 9.43. The van der Waals surface area contributed by atoms with Crippen molar-refractivity contribution in [3.8, 4) is 11.5 Å². The number of nitrogens with one attached hydrogen (secondary N) is 1. The molecule has 0 unspecified atom stereocenters. The minimum absolute atomic E-state index is 0.293. The minimum Gasteiger partial charge on any atom is -0.497 e. The van der Waals surface area contributed by atoms with E-state index in [9.17, 15) is 4.79 Å². The smallest absolute Gasteiger partial charge is 0.257 e. The Kier molecular flexibility index (Phi) is 5.03. The van der Waals surface area contributed by atoms with Crippen LogP contribution in [0.15, 0.2) is 48.5 Å². The summed E-state index contributed by atoms with van der Waals surface area (Å²) in [5.74, 6) is 1.28. The highest BCUT2D eigenvalue weighted by Gasteiger charge is 2.17. The SMILES string of the molecule is CCCn1nc(NC(=O)c2cc(OC)cc(OC)c2)c2cc3ccccc3nc21. The van der Waals surface area contributed by atoms with Gasteiger partial charge in [-0.05, 0) is 30.7 Å². The summed E-state index contributed by atoms with van der Waals surface area (Å²) in [4.78, 5) is 17.7. The molecule has 0 atom stereocenters. The molecule has 7 heteroatoms. The number of nitrogens with zero attached hydrogens (tertiary/aromatic N) is 3. The maximum Gasteiger partial charge on any atom is 0.257 e. The van der Waals surface area contributed by atoms with Gasteiger partial charge in [0.2, 0.25) is 0 Å². The van der Waals surface area contributed by atoms with Crippen LogP contribution in [0.1, 0.15) is 23.7 Å². The fourth-order valence-electron chi connectivity index (χ4n) is 3.28. The number of aromatic nitrogens is 3. The third kappa shape index (κ3) is 3.59. The Morgan fingerprint density at radius 1 is 1.07 bits per heavy atom. The van der Waals surface area contributed by atoms with Crippen LogP contribution in [0.3, 0.4) is 0 Å². The summed E-state index contributed by atoms with van der Waals surface area (Å²) in [7, 11) is 3.10. The Hall–Kier alpha value is -3.61. The van der Waals surface area contributed by atoms with Crippen LogP contribution in [-0.4, -0.2) is 34.9 Å². The molecule has 0 fully saturated rings. The molecule has 0 radical (unpaired) electrons. The lowest BCUT2D eigenvalue weighted by Gasteiger charge is -2.08. The third-order valence-corrected chi connectivity index (χ3v) is 4.71. The third-order valence-electron chi connectivity index (χ3n) is 4.71. The number of carbonyl (C=O) groups is 1. The molecule has 0 bridgehead atoms. The molecule has 0 aliphatic rings. The van der Waals surface area contributed by atoms with E-state index in [1.54, 1.807) is 32.4 Å². The van der Waals surface area contributed by atoms with Gasteiger partial charge < -0.3 is 14.8 Å². The van der Waals surface area contributed by atoms with Crippen molar-refractivity contribution < 1.29 is 14.3 Å². The van der Waals surface area contributed by atoms with Gasteiger partial charge in [0.1, 0.15) is 11.5 Å². The Bertz CT molecular complexity index is 1180. The van der Waals surface area contributed by atoms with Gasteiger partial charge in [-0.2, -0.15) is 5.10 Å². The number of anilines is 1. The summed E-state index contributed by atoms with van der Waals surface area (Å²) in [6, 6.07) is 15.0. The minimum atomic E-state index is -0.293. The zero-order valence-electron chi connectivity index (χ0n) is 16.6.